The first-order valence-corrected chi connectivity index (χ1v) is 4.79. The van der Waals surface area contributed by atoms with E-state index in [0.717, 1.165) is 5.56 Å². The van der Waals surface area contributed by atoms with Crippen LogP contribution in [0.2, 0.25) is 0 Å². The second-order valence-corrected chi connectivity index (χ2v) is 3.58. The van der Waals surface area contributed by atoms with Crippen molar-refractivity contribution in [3.05, 3.63) is 35.1 Å². The number of hydrogen-bond acceptors (Lipinski definition) is 2. The van der Waals surface area contributed by atoms with Gasteiger partial charge in [-0.05, 0) is 31.5 Å². The van der Waals surface area contributed by atoms with Gasteiger partial charge < -0.3 is 4.79 Å². The zero-order valence-electron chi connectivity index (χ0n) is 8.84. The lowest BCUT2D eigenvalue weighted by atomic mass is 10.0. The summed E-state index contributed by atoms with van der Waals surface area (Å²) in [6.45, 7) is 3.19. The van der Waals surface area contributed by atoms with E-state index in [4.69, 9.17) is 0 Å². The van der Waals surface area contributed by atoms with E-state index < -0.39 is 5.82 Å². The second kappa shape index (κ2) is 4.82. The van der Waals surface area contributed by atoms with E-state index in [0.29, 0.717) is 5.56 Å². The summed E-state index contributed by atoms with van der Waals surface area (Å²) in [6, 6.07) is 4.10. The normalized spacial score (nSPS) is 10.1. The Balaban J connectivity index is 2.81. The molecule has 0 bridgehead atoms. The van der Waals surface area contributed by atoms with E-state index in [9.17, 15) is 14.0 Å². The summed E-state index contributed by atoms with van der Waals surface area (Å²) >= 11 is 0. The highest BCUT2D eigenvalue weighted by Gasteiger charge is 2.10. The fourth-order valence-electron chi connectivity index (χ4n) is 1.32. The number of ketones is 2. The highest BCUT2D eigenvalue weighted by molar-refractivity contribution is 5.99. The first-order chi connectivity index (χ1) is 7.00. The van der Waals surface area contributed by atoms with Gasteiger partial charge in [0.05, 0.1) is 0 Å². The molecular formula is C12H13FO2. The molecule has 0 saturated heterocycles. The van der Waals surface area contributed by atoms with E-state index in [1.165, 1.54) is 19.1 Å². The van der Waals surface area contributed by atoms with E-state index in [1.807, 2.05) is 0 Å². The zero-order valence-corrected chi connectivity index (χ0v) is 8.84. The molecule has 0 spiro atoms. The zero-order chi connectivity index (χ0) is 11.4. The summed E-state index contributed by atoms with van der Waals surface area (Å²) in [7, 11) is 0. The molecule has 3 heteroatoms. The predicted octanol–water partition coefficient (Wildman–Crippen LogP) is 2.69. The van der Waals surface area contributed by atoms with Crippen molar-refractivity contribution >= 4 is 11.6 Å². The van der Waals surface area contributed by atoms with Gasteiger partial charge in [0, 0.05) is 18.4 Å². The van der Waals surface area contributed by atoms with E-state index in [-0.39, 0.29) is 24.4 Å². The Labute approximate surface area is 88.1 Å². The molecule has 0 amide bonds. The number of hydrogen-bond donors (Lipinski definition) is 0. The van der Waals surface area contributed by atoms with Crippen molar-refractivity contribution in [3.8, 4) is 0 Å². The smallest absolute Gasteiger partial charge is 0.163 e. The van der Waals surface area contributed by atoms with Crippen molar-refractivity contribution in [2.45, 2.75) is 26.7 Å². The number of halogens is 1. The molecule has 1 aromatic carbocycles. The molecule has 80 valence electrons. The highest BCUT2D eigenvalue weighted by atomic mass is 19.1. The number of carbonyl (C=O) groups excluding carboxylic acids is 2. The second-order valence-electron chi connectivity index (χ2n) is 3.58. The lowest BCUT2D eigenvalue weighted by Gasteiger charge is -2.03. The summed E-state index contributed by atoms with van der Waals surface area (Å²) in [5.74, 6) is -0.633. The van der Waals surface area contributed by atoms with Crippen LogP contribution in [0.3, 0.4) is 0 Å². The number of benzene rings is 1. The quantitative estimate of drug-likeness (QED) is 0.713. The van der Waals surface area contributed by atoms with Gasteiger partial charge in [-0.1, -0.05) is 6.07 Å². The minimum absolute atomic E-state index is 0.0302. The summed E-state index contributed by atoms with van der Waals surface area (Å²) in [5.41, 5.74) is 1.11. The first kappa shape index (κ1) is 11.6. The molecular weight excluding hydrogens is 195 g/mol. The molecule has 0 aromatic heterocycles. The monoisotopic (exact) mass is 208 g/mol. The third-order valence-electron chi connectivity index (χ3n) is 2.20. The van der Waals surface area contributed by atoms with Crippen molar-refractivity contribution in [1.82, 2.24) is 0 Å². The van der Waals surface area contributed by atoms with E-state index in [2.05, 4.69) is 0 Å². The summed E-state index contributed by atoms with van der Waals surface area (Å²) in [4.78, 5) is 22.3. The van der Waals surface area contributed by atoms with Crippen molar-refractivity contribution in [3.63, 3.8) is 0 Å². The van der Waals surface area contributed by atoms with Crippen LogP contribution >= 0.6 is 0 Å². The average molecular weight is 208 g/mol. The van der Waals surface area contributed by atoms with Crippen LogP contribution in [-0.4, -0.2) is 11.6 Å². The van der Waals surface area contributed by atoms with Gasteiger partial charge in [0.25, 0.3) is 0 Å². The molecule has 0 N–H and O–H groups in total. The third kappa shape index (κ3) is 3.27. The maximum atomic E-state index is 12.9. The summed E-state index contributed by atoms with van der Waals surface area (Å²) < 4.78 is 12.9. The Morgan fingerprint density at radius 2 is 1.93 bits per heavy atom. The molecule has 1 aromatic rings. The lowest BCUT2D eigenvalue weighted by Crippen LogP contribution is -2.04. The van der Waals surface area contributed by atoms with Crippen molar-refractivity contribution in [2.24, 2.45) is 0 Å². The van der Waals surface area contributed by atoms with Gasteiger partial charge in [-0.2, -0.15) is 0 Å². The van der Waals surface area contributed by atoms with Crippen LogP contribution in [0.25, 0.3) is 0 Å². The SMILES string of the molecule is CC(=O)CCC(=O)c1cc(F)ccc1C. The molecule has 0 aliphatic carbocycles. The predicted molar refractivity (Wildman–Crippen MR) is 55.4 cm³/mol. The van der Waals surface area contributed by atoms with Gasteiger partial charge in [-0.25, -0.2) is 4.39 Å². The molecule has 0 unspecified atom stereocenters. The molecule has 0 saturated carbocycles. The topological polar surface area (TPSA) is 34.1 Å². The van der Waals surface area contributed by atoms with Crippen LogP contribution in [0.15, 0.2) is 18.2 Å². The van der Waals surface area contributed by atoms with E-state index >= 15 is 0 Å². The minimum Gasteiger partial charge on any atom is -0.300 e. The summed E-state index contributed by atoms with van der Waals surface area (Å²) in [6.07, 6.45) is 0.369. The molecule has 0 radical (unpaired) electrons. The largest absolute Gasteiger partial charge is 0.300 e. The van der Waals surface area contributed by atoms with Crippen LogP contribution in [-0.2, 0) is 4.79 Å². The molecule has 2 nitrogen and oxygen atoms in total. The van der Waals surface area contributed by atoms with Gasteiger partial charge in [-0.3, -0.25) is 4.79 Å². The van der Waals surface area contributed by atoms with Crippen LogP contribution < -0.4 is 0 Å². The molecule has 0 atom stereocenters. The fourth-order valence-corrected chi connectivity index (χ4v) is 1.32. The van der Waals surface area contributed by atoms with Crippen LogP contribution in [0.4, 0.5) is 4.39 Å². The molecule has 0 heterocycles. The molecule has 0 aliphatic rings. The average Bonchev–Trinajstić information content (AvgIpc) is 2.18. The van der Waals surface area contributed by atoms with Gasteiger partial charge in [-0.15, -0.1) is 0 Å². The Morgan fingerprint density at radius 1 is 1.27 bits per heavy atom. The van der Waals surface area contributed by atoms with Crippen LogP contribution in [0.5, 0.6) is 0 Å². The van der Waals surface area contributed by atoms with Crippen molar-refractivity contribution in [2.75, 3.05) is 0 Å². The van der Waals surface area contributed by atoms with Gasteiger partial charge in [0.15, 0.2) is 5.78 Å². The molecule has 0 aliphatic heterocycles. The maximum Gasteiger partial charge on any atom is 0.163 e. The number of carbonyl (C=O) groups is 2. The Kier molecular flexibility index (Phi) is 3.72. The number of Topliss-reactive ketones (excluding diaryl/α,β-unsaturated/α-hetero) is 2. The lowest BCUT2D eigenvalue weighted by molar-refractivity contribution is -0.116. The third-order valence-corrected chi connectivity index (χ3v) is 2.20. The van der Waals surface area contributed by atoms with E-state index in [1.54, 1.807) is 13.0 Å². The van der Waals surface area contributed by atoms with Crippen LogP contribution in [0, 0.1) is 12.7 Å². The standard InChI is InChI=1S/C12H13FO2/c1-8-3-5-10(13)7-11(8)12(15)6-4-9(2)14/h3,5,7H,4,6H2,1-2H3. The van der Waals surface area contributed by atoms with Crippen molar-refractivity contribution in [1.29, 1.82) is 0 Å². The minimum atomic E-state index is -0.424. The highest BCUT2D eigenvalue weighted by Crippen LogP contribution is 2.13. The molecule has 15 heavy (non-hydrogen) atoms. The van der Waals surface area contributed by atoms with Gasteiger partial charge in [0.1, 0.15) is 11.6 Å². The number of rotatable bonds is 4. The van der Waals surface area contributed by atoms with Gasteiger partial charge >= 0.3 is 0 Å². The Hall–Kier alpha value is -1.51. The molecule has 0 fully saturated rings. The Morgan fingerprint density at radius 3 is 2.53 bits per heavy atom. The Bertz CT molecular complexity index is 397. The number of aryl methyl sites for hydroxylation is 1. The first-order valence-electron chi connectivity index (χ1n) is 4.79. The summed E-state index contributed by atoms with van der Waals surface area (Å²) in [5, 5.41) is 0. The van der Waals surface area contributed by atoms with Crippen molar-refractivity contribution < 1.29 is 14.0 Å². The van der Waals surface area contributed by atoms with Crippen LogP contribution in [0.1, 0.15) is 35.7 Å². The van der Waals surface area contributed by atoms with Gasteiger partial charge in [0.2, 0.25) is 0 Å². The molecule has 1 rings (SSSR count). The maximum absolute atomic E-state index is 12.9. The fraction of sp³-hybridized carbons (Fsp3) is 0.333.